The van der Waals surface area contributed by atoms with Crippen LogP contribution in [0.5, 0.6) is 0 Å². The minimum absolute atomic E-state index is 0.148. The Kier molecular flexibility index (Phi) is 4.98. The number of aromatic nitrogens is 2. The number of hydrogen-bond acceptors (Lipinski definition) is 6. The maximum Gasteiger partial charge on any atom is 0.261 e. The number of carbonyl (C=O) groups excluding carboxylic acids is 2. The summed E-state index contributed by atoms with van der Waals surface area (Å²) >= 11 is 1.48. The van der Waals surface area contributed by atoms with Crippen LogP contribution in [0, 0.1) is 0 Å². The summed E-state index contributed by atoms with van der Waals surface area (Å²) in [7, 11) is 0. The number of amides is 2. The number of likely N-dealkylation sites (tertiary alicyclic amines) is 1. The minimum Gasteiger partial charge on any atom is -0.369 e. The zero-order valence-corrected chi connectivity index (χ0v) is 15.8. The first-order valence-corrected chi connectivity index (χ1v) is 9.92. The highest BCUT2D eigenvalue weighted by atomic mass is 32.1. The zero-order valence-electron chi connectivity index (χ0n) is 15.0. The van der Waals surface area contributed by atoms with Gasteiger partial charge in [-0.15, -0.1) is 11.3 Å². The summed E-state index contributed by atoms with van der Waals surface area (Å²) in [5.74, 6) is 0.174. The molecule has 4 heterocycles. The summed E-state index contributed by atoms with van der Waals surface area (Å²) in [5.41, 5.74) is 5.99. The Morgan fingerprint density at radius 3 is 2.93 bits per heavy atom. The highest BCUT2D eigenvalue weighted by Crippen LogP contribution is 2.45. The second kappa shape index (κ2) is 7.41. The molecule has 144 valence electrons. The normalized spacial score (nSPS) is 19.0. The molecule has 0 aromatic carbocycles. The summed E-state index contributed by atoms with van der Waals surface area (Å²) in [6.07, 6.45) is 6.21. The van der Waals surface area contributed by atoms with Crippen molar-refractivity contribution in [2.45, 2.75) is 31.4 Å². The van der Waals surface area contributed by atoms with Crippen molar-refractivity contribution in [2.24, 2.45) is 5.73 Å². The van der Waals surface area contributed by atoms with E-state index in [1.165, 1.54) is 16.9 Å². The lowest BCUT2D eigenvalue weighted by Gasteiger charge is -2.43. The number of piperidine rings is 1. The molecule has 2 aliphatic heterocycles. The van der Waals surface area contributed by atoms with E-state index in [9.17, 15) is 9.59 Å². The molecule has 0 radical (unpaired) electrons. The number of nitrogens with two attached hydrogens (primary N) is 1. The van der Waals surface area contributed by atoms with Gasteiger partial charge in [0.1, 0.15) is 11.4 Å². The molecule has 2 aromatic heterocycles. The number of nitrogens with zero attached hydrogens (tertiary/aromatic N) is 2. The summed E-state index contributed by atoms with van der Waals surface area (Å²) in [6, 6.07) is 1.94. The average Bonchev–Trinajstić information content (AvgIpc) is 3.32. The van der Waals surface area contributed by atoms with Crippen LogP contribution < -0.4 is 11.1 Å². The second-order valence-electron chi connectivity index (χ2n) is 7.02. The predicted octanol–water partition coefficient (Wildman–Crippen LogP) is 0.750. The molecular formula is C18H23N5O3S. The van der Waals surface area contributed by atoms with Gasteiger partial charge in [0, 0.05) is 30.4 Å². The van der Waals surface area contributed by atoms with Gasteiger partial charge in [0.2, 0.25) is 5.91 Å². The van der Waals surface area contributed by atoms with Crippen LogP contribution in [0.15, 0.2) is 18.5 Å². The van der Waals surface area contributed by atoms with Crippen molar-refractivity contribution < 1.29 is 14.3 Å². The van der Waals surface area contributed by atoms with Crippen molar-refractivity contribution in [1.29, 1.82) is 0 Å². The Bertz CT molecular complexity index is 824. The van der Waals surface area contributed by atoms with E-state index in [0.29, 0.717) is 11.5 Å². The molecule has 1 saturated heterocycles. The van der Waals surface area contributed by atoms with Gasteiger partial charge in [-0.2, -0.15) is 0 Å². The first-order chi connectivity index (χ1) is 13.1. The third-order valence-electron chi connectivity index (χ3n) is 5.21. The molecule has 1 spiro atoms. The maximum absolute atomic E-state index is 12.3. The molecule has 2 aliphatic rings. The van der Waals surface area contributed by atoms with Crippen LogP contribution in [0.1, 0.15) is 38.8 Å². The molecule has 9 heteroatoms. The lowest BCUT2D eigenvalue weighted by molar-refractivity contribution is -0.117. The lowest BCUT2D eigenvalue weighted by Crippen LogP contribution is -2.45. The molecule has 1 fully saturated rings. The zero-order chi connectivity index (χ0) is 18.9. The Hall–Kier alpha value is -2.23. The number of ether oxygens (including phenoxy) is 1. The average molecular weight is 389 g/mol. The smallest absolute Gasteiger partial charge is 0.261 e. The van der Waals surface area contributed by atoms with Crippen LogP contribution in [-0.2, 0) is 28.1 Å². The number of H-pyrrole nitrogens is 1. The number of thiophene rings is 1. The third kappa shape index (κ3) is 3.76. The number of imidazole rings is 1. The maximum atomic E-state index is 12.3. The van der Waals surface area contributed by atoms with Crippen LogP contribution >= 0.6 is 11.3 Å². The van der Waals surface area contributed by atoms with Gasteiger partial charge in [0.25, 0.3) is 5.91 Å². The van der Waals surface area contributed by atoms with E-state index in [4.69, 9.17) is 10.5 Å². The van der Waals surface area contributed by atoms with Gasteiger partial charge >= 0.3 is 0 Å². The largest absolute Gasteiger partial charge is 0.369 e. The fraction of sp³-hybridized carbons (Fsp3) is 0.500. The molecule has 8 nitrogen and oxygen atoms in total. The van der Waals surface area contributed by atoms with Gasteiger partial charge < -0.3 is 20.8 Å². The summed E-state index contributed by atoms with van der Waals surface area (Å²) in [4.78, 5) is 34.8. The number of rotatable bonds is 5. The van der Waals surface area contributed by atoms with Gasteiger partial charge in [-0.05, 0) is 30.9 Å². The molecule has 0 bridgehead atoms. The van der Waals surface area contributed by atoms with E-state index in [-0.39, 0.29) is 18.1 Å². The van der Waals surface area contributed by atoms with E-state index < -0.39 is 5.91 Å². The molecule has 2 aromatic rings. The Morgan fingerprint density at radius 2 is 2.22 bits per heavy atom. The van der Waals surface area contributed by atoms with Crippen molar-refractivity contribution in [3.05, 3.63) is 39.6 Å². The SMILES string of the molecule is NC(=O)CNC(=O)c1cc2c(s1)C1(CCN(Cc3ncc[nH]3)CC1)OCC2. The highest BCUT2D eigenvalue weighted by Gasteiger charge is 2.42. The van der Waals surface area contributed by atoms with Crippen LogP contribution in [0.25, 0.3) is 0 Å². The minimum atomic E-state index is -0.548. The van der Waals surface area contributed by atoms with Crippen molar-refractivity contribution in [3.8, 4) is 0 Å². The predicted molar refractivity (Wildman–Crippen MR) is 100 cm³/mol. The van der Waals surface area contributed by atoms with E-state index in [2.05, 4.69) is 20.2 Å². The van der Waals surface area contributed by atoms with Gasteiger partial charge in [-0.3, -0.25) is 14.5 Å². The Balaban J connectivity index is 1.47. The number of carbonyl (C=O) groups is 2. The Labute approximate surface area is 161 Å². The number of primary amides is 1. The first kappa shape index (κ1) is 18.1. The van der Waals surface area contributed by atoms with Crippen LogP contribution in [0.3, 0.4) is 0 Å². The van der Waals surface area contributed by atoms with Gasteiger partial charge in [0.15, 0.2) is 0 Å². The molecule has 4 N–H and O–H groups in total. The van der Waals surface area contributed by atoms with E-state index in [1.54, 1.807) is 6.20 Å². The summed E-state index contributed by atoms with van der Waals surface area (Å²) in [5, 5.41) is 2.57. The molecule has 0 unspecified atom stereocenters. The number of hydrogen-bond donors (Lipinski definition) is 3. The molecule has 0 aliphatic carbocycles. The molecule has 0 atom stereocenters. The Morgan fingerprint density at radius 1 is 1.41 bits per heavy atom. The van der Waals surface area contributed by atoms with Crippen molar-refractivity contribution >= 4 is 23.2 Å². The topological polar surface area (TPSA) is 113 Å². The molecule has 4 rings (SSSR count). The quantitative estimate of drug-likeness (QED) is 0.698. The lowest BCUT2D eigenvalue weighted by atomic mass is 9.85. The first-order valence-electron chi connectivity index (χ1n) is 9.10. The monoisotopic (exact) mass is 389 g/mol. The number of nitrogens with one attached hydrogen (secondary N) is 2. The van der Waals surface area contributed by atoms with Gasteiger partial charge in [0.05, 0.1) is 24.6 Å². The highest BCUT2D eigenvalue weighted by molar-refractivity contribution is 7.14. The van der Waals surface area contributed by atoms with E-state index in [0.717, 1.165) is 49.6 Å². The van der Waals surface area contributed by atoms with Crippen LogP contribution in [-0.4, -0.2) is 52.9 Å². The second-order valence-corrected chi connectivity index (χ2v) is 8.07. The fourth-order valence-electron chi connectivity index (χ4n) is 3.83. The van der Waals surface area contributed by atoms with Crippen molar-refractivity contribution in [2.75, 3.05) is 26.2 Å². The van der Waals surface area contributed by atoms with Gasteiger partial charge in [-0.25, -0.2) is 4.98 Å². The van der Waals surface area contributed by atoms with Crippen molar-refractivity contribution in [3.63, 3.8) is 0 Å². The fourth-order valence-corrected chi connectivity index (χ4v) is 5.16. The van der Waals surface area contributed by atoms with Crippen LogP contribution in [0.4, 0.5) is 0 Å². The van der Waals surface area contributed by atoms with Crippen molar-refractivity contribution in [1.82, 2.24) is 20.2 Å². The number of aromatic amines is 1. The van der Waals surface area contributed by atoms with E-state index >= 15 is 0 Å². The van der Waals surface area contributed by atoms with Crippen LogP contribution in [0.2, 0.25) is 0 Å². The summed E-state index contributed by atoms with van der Waals surface area (Å²) < 4.78 is 6.26. The summed E-state index contributed by atoms with van der Waals surface area (Å²) in [6.45, 7) is 3.17. The standard InChI is InChI=1S/C18H23N5O3S/c19-14(24)10-22-17(25)13-9-12-1-8-26-18(16(12)27-13)2-6-23(7-3-18)11-15-20-4-5-21-15/h4-5,9H,1-3,6-8,10-11H2,(H2,19,24)(H,20,21)(H,22,25). The molecular weight excluding hydrogens is 366 g/mol. The third-order valence-corrected chi connectivity index (χ3v) is 6.57. The van der Waals surface area contributed by atoms with E-state index in [1.807, 2.05) is 12.3 Å². The van der Waals surface area contributed by atoms with Gasteiger partial charge in [-0.1, -0.05) is 0 Å². The number of fused-ring (bicyclic) bond motifs is 2. The molecule has 27 heavy (non-hydrogen) atoms. The molecule has 0 saturated carbocycles. The molecule has 2 amide bonds.